The highest BCUT2D eigenvalue weighted by atomic mass is 35.5. The topological polar surface area (TPSA) is 51.7 Å². The molecule has 7 heteroatoms. The van der Waals surface area contributed by atoms with Crippen molar-refractivity contribution in [1.82, 2.24) is 9.13 Å². The number of fused-ring (bicyclic) bond motifs is 1. The quantitative estimate of drug-likeness (QED) is 0.358. The van der Waals surface area contributed by atoms with Crippen LogP contribution < -0.4 is 10.4 Å². The van der Waals surface area contributed by atoms with Crippen LogP contribution in [0.2, 0.25) is 10.0 Å². The standard InChI is InChI=1S/C25H23Cl2N3O2/c1-3-12-32-20-10-8-19(9-11-20)28-25-29(2)23-13-21(26)22(27)14-24(23)30(25)15-17-4-6-18(16-31)7-5-17/h3-11,13-14,31H,1,12,15-16H2,2H3/b28-25-. The van der Waals surface area contributed by atoms with E-state index >= 15 is 0 Å². The number of hydrogen-bond donors (Lipinski definition) is 1. The third-order valence-corrected chi connectivity index (χ3v) is 5.91. The third-order valence-electron chi connectivity index (χ3n) is 5.19. The summed E-state index contributed by atoms with van der Waals surface area (Å²) in [5, 5.41) is 10.3. The zero-order chi connectivity index (χ0) is 22.7. The van der Waals surface area contributed by atoms with Crippen molar-refractivity contribution in [3.8, 4) is 5.75 Å². The van der Waals surface area contributed by atoms with Crippen molar-refractivity contribution in [2.24, 2.45) is 12.0 Å². The third kappa shape index (κ3) is 4.60. The Hall–Kier alpha value is -2.99. The molecule has 0 saturated carbocycles. The summed E-state index contributed by atoms with van der Waals surface area (Å²) in [6.07, 6.45) is 1.71. The van der Waals surface area contributed by atoms with E-state index in [1.54, 1.807) is 6.08 Å². The SMILES string of the molecule is C=CCOc1ccc(/N=c2/n(C)c3cc(Cl)c(Cl)cc3n2Cc2ccc(CO)cc2)cc1. The monoisotopic (exact) mass is 467 g/mol. The highest BCUT2D eigenvalue weighted by molar-refractivity contribution is 6.42. The molecule has 0 radical (unpaired) electrons. The van der Waals surface area contributed by atoms with Crippen LogP contribution in [0.15, 0.2) is 78.3 Å². The Balaban J connectivity index is 1.84. The molecular weight excluding hydrogens is 445 g/mol. The van der Waals surface area contributed by atoms with Gasteiger partial charge in [0.05, 0.1) is 39.9 Å². The number of imidazole rings is 1. The summed E-state index contributed by atoms with van der Waals surface area (Å²) in [5.41, 5.74) is 5.35. The predicted octanol–water partition coefficient (Wildman–Crippen LogP) is 5.62. The first-order valence-electron chi connectivity index (χ1n) is 10.1. The first-order valence-corrected chi connectivity index (χ1v) is 10.9. The molecule has 1 heterocycles. The van der Waals surface area contributed by atoms with Gasteiger partial charge in [-0.3, -0.25) is 0 Å². The molecule has 4 rings (SSSR count). The van der Waals surface area contributed by atoms with Gasteiger partial charge < -0.3 is 19.0 Å². The van der Waals surface area contributed by atoms with Crippen LogP contribution in [0, 0.1) is 0 Å². The van der Waals surface area contributed by atoms with E-state index < -0.39 is 0 Å². The van der Waals surface area contributed by atoms with Gasteiger partial charge in [0.1, 0.15) is 12.4 Å². The van der Waals surface area contributed by atoms with Crippen LogP contribution in [0.3, 0.4) is 0 Å². The van der Waals surface area contributed by atoms with Crippen LogP contribution >= 0.6 is 23.2 Å². The zero-order valence-corrected chi connectivity index (χ0v) is 19.1. The Morgan fingerprint density at radius 3 is 2.22 bits per heavy atom. The molecule has 0 atom stereocenters. The van der Waals surface area contributed by atoms with Crippen molar-refractivity contribution in [3.63, 3.8) is 0 Å². The van der Waals surface area contributed by atoms with Gasteiger partial charge in [-0.2, -0.15) is 0 Å². The molecule has 164 valence electrons. The summed E-state index contributed by atoms with van der Waals surface area (Å²) in [5.74, 6) is 0.760. The van der Waals surface area contributed by atoms with Gasteiger partial charge in [0, 0.05) is 7.05 Å². The lowest BCUT2D eigenvalue weighted by Gasteiger charge is -2.07. The largest absolute Gasteiger partial charge is 0.490 e. The van der Waals surface area contributed by atoms with Crippen molar-refractivity contribution in [3.05, 3.63) is 100 Å². The second-order valence-corrected chi connectivity index (χ2v) is 8.19. The highest BCUT2D eigenvalue weighted by Gasteiger charge is 2.13. The van der Waals surface area contributed by atoms with E-state index in [9.17, 15) is 5.11 Å². The van der Waals surface area contributed by atoms with Crippen LogP contribution in [0.5, 0.6) is 5.75 Å². The molecule has 0 spiro atoms. The summed E-state index contributed by atoms with van der Waals surface area (Å²) in [4.78, 5) is 4.91. The maximum absolute atomic E-state index is 9.33. The lowest BCUT2D eigenvalue weighted by molar-refractivity contribution is 0.282. The molecule has 32 heavy (non-hydrogen) atoms. The normalized spacial score (nSPS) is 11.8. The fourth-order valence-corrected chi connectivity index (χ4v) is 3.83. The summed E-state index contributed by atoms with van der Waals surface area (Å²) in [6, 6.07) is 19.2. The van der Waals surface area contributed by atoms with Gasteiger partial charge in [-0.1, -0.05) is 60.1 Å². The Morgan fingerprint density at radius 1 is 0.969 bits per heavy atom. The second kappa shape index (κ2) is 9.65. The van der Waals surface area contributed by atoms with Gasteiger partial charge in [0.15, 0.2) is 0 Å². The van der Waals surface area contributed by atoms with Gasteiger partial charge in [0.2, 0.25) is 5.62 Å². The van der Waals surface area contributed by atoms with Crippen molar-refractivity contribution in [1.29, 1.82) is 0 Å². The van der Waals surface area contributed by atoms with Gasteiger partial charge in [-0.15, -0.1) is 0 Å². The van der Waals surface area contributed by atoms with Crippen molar-refractivity contribution in [2.45, 2.75) is 13.2 Å². The van der Waals surface area contributed by atoms with Crippen molar-refractivity contribution >= 4 is 39.9 Å². The smallest absolute Gasteiger partial charge is 0.211 e. The zero-order valence-electron chi connectivity index (χ0n) is 17.6. The average molecular weight is 468 g/mol. The summed E-state index contributed by atoms with van der Waals surface area (Å²) in [6.45, 7) is 4.72. The molecular formula is C25H23Cl2N3O2. The van der Waals surface area contributed by atoms with E-state index in [4.69, 9.17) is 32.9 Å². The minimum atomic E-state index is 0.0168. The molecule has 5 nitrogen and oxygen atoms in total. The molecule has 0 amide bonds. The number of benzene rings is 3. The number of halogens is 2. The van der Waals surface area contributed by atoms with E-state index in [1.807, 2.05) is 72.3 Å². The Bertz CT molecular complexity index is 1320. The molecule has 4 aromatic rings. The number of aliphatic hydroxyl groups is 1. The number of aliphatic hydroxyl groups excluding tert-OH is 1. The predicted molar refractivity (Wildman–Crippen MR) is 130 cm³/mol. The van der Waals surface area contributed by atoms with Gasteiger partial charge in [-0.25, -0.2) is 4.99 Å². The molecule has 0 aliphatic rings. The number of nitrogens with zero attached hydrogens (tertiary/aromatic N) is 3. The Kier molecular flexibility index (Phi) is 6.70. The van der Waals surface area contributed by atoms with E-state index in [-0.39, 0.29) is 6.61 Å². The number of ether oxygens (including phenoxy) is 1. The molecule has 0 aliphatic carbocycles. The van der Waals surface area contributed by atoms with Crippen LogP contribution in [0.25, 0.3) is 11.0 Å². The molecule has 0 aliphatic heterocycles. The molecule has 1 N–H and O–H groups in total. The second-order valence-electron chi connectivity index (χ2n) is 7.38. The lowest BCUT2D eigenvalue weighted by Crippen LogP contribution is -2.24. The van der Waals surface area contributed by atoms with E-state index in [2.05, 4.69) is 11.1 Å². The number of rotatable bonds is 7. The van der Waals surface area contributed by atoms with Crippen LogP contribution in [-0.4, -0.2) is 20.8 Å². The summed E-state index contributed by atoms with van der Waals surface area (Å²) in [7, 11) is 1.96. The van der Waals surface area contributed by atoms with Gasteiger partial charge in [-0.05, 0) is 47.5 Å². The molecule has 0 fully saturated rings. The van der Waals surface area contributed by atoms with Crippen LogP contribution in [0.4, 0.5) is 5.69 Å². The first-order chi connectivity index (χ1) is 15.5. The highest BCUT2D eigenvalue weighted by Crippen LogP contribution is 2.28. The van der Waals surface area contributed by atoms with Crippen molar-refractivity contribution < 1.29 is 9.84 Å². The maximum Gasteiger partial charge on any atom is 0.211 e. The Morgan fingerprint density at radius 2 is 1.59 bits per heavy atom. The minimum Gasteiger partial charge on any atom is -0.490 e. The summed E-state index contributed by atoms with van der Waals surface area (Å²) >= 11 is 12.7. The maximum atomic E-state index is 9.33. The number of hydrogen-bond acceptors (Lipinski definition) is 3. The van der Waals surface area contributed by atoms with E-state index in [1.165, 1.54) is 0 Å². The first kappa shape index (κ1) is 22.2. The van der Waals surface area contributed by atoms with E-state index in [0.717, 1.165) is 39.2 Å². The van der Waals surface area contributed by atoms with Crippen LogP contribution in [-0.2, 0) is 20.2 Å². The summed E-state index contributed by atoms with van der Waals surface area (Å²) < 4.78 is 9.67. The molecule has 1 aromatic heterocycles. The van der Waals surface area contributed by atoms with Crippen LogP contribution in [0.1, 0.15) is 11.1 Å². The fraction of sp³-hybridized carbons (Fsp3) is 0.160. The molecule has 0 unspecified atom stereocenters. The van der Waals surface area contributed by atoms with Crippen molar-refractivity contribution in [2.75, 3.05) is 6.61 Å². The fourth-order valence-electron chi connectivity index (χ4n) is 3.52. The average Bonchev–Trinajstić information content (AvgIpc) is 3.04. The van der Waals surface area contributed by atoms with Gasteiger partial charge in [0.25, 0.3) is 0 Å². The molecule has 0 bridgehead atoms. The number of aryl methyl sites for hydroxylation is 1. The lowest BCUT2D eigenvalue weighted by atomic mass is 10.1. The molecule has 3 aromatic carbocycles. The van der Waals surface area contributed by atoms with E-state index in [0.29, 0.717) is 23.2 Å². The molecule has 0 saturated heterocycles. The number of aromatic nitrogens is 2. The minimum absolute atomic E-state index is 0.0168. The Labute approximate surface area is 196 Å². The van der Waals surface area contributed by atoms with Gasteiger partial charge >= 0.3 is 0 Å².